The third-order valence-corrected chi connectivity index (χ3v) is 3.76. The van der Waals surface area contributed by atoms with Crippen LogP contribution < -0.4 is 9.47 Å². The highest BCUT2D eigenvalue weighted by Crippen LogP contribution is 2.31. The van der Waals surface area contributed by atoms with Crippen molar-refractivity contribution in [2.75, 3.05) is 6.61 Å². The van der Waals surface area contributed by atoms with E-state index in [1.165, 1.54) is 12.3 Å². The van der Waals surface area contributed by atoms with E-state index in [4.69, 9.17) is 9.47 Å². The number of nitro benzene ring substituents is 2. The number of ether oxygens (including phenoxy) is 2. The molecule has 0 fully saturated rings. The summed E-state index contributed by atoms with van der Waals surface area (Å²) in [5.41, 5.74) is -1.01. The zero-order valence-corrected chi connectivity index (χ0v) is 14.5. The number of non-ortho nitro benzene ring substituents is 2. The van der Waals surface area contributed by atoms with E-state index in [0.717, 1.165) is 18.2 Å². The Morgan fingerprint density at radius 1 is 1.04 bits per heavy atom. The molecule has 142 valence electrons. The average Bonchev–Trinajstić information content (AvgIpc) is 2.68. The number of fused-ring (bicyclic) bond motifs is 1. The van der Waals surface area contributed by atoms with Crippen molar-refractivity contribution in [1.82, 2.24) is 4.98 Å². The van der Waals surface area contributed by atoms with Gasteiger partial charge in [0.15, 0.2) is 0 Å². The molecule has 1 aromatic heterocycles. The molecule has 10 nitrogen and oxygen atoms in total. The van der Waals surface area contributed by atoms with Crippen LogP contribution in [0.2, 0.25) is 0 Å². The van der Waals surface area contributed by atoms with E-state index in [-0.39, 0.29) is 11.3 Å². The first kappa shape index (κ1) is 18.7. The van der Waals surface area contributed by atoms with Crippen molar-refractivity contribution in [1.29, 1.82) is 0 Å². The van der Waals surface area contributed by atoms with Gasteiger partial charge in [0, 0.05) is 23.7 Å². The minimum Gasteiger partial charge on any atom is -0.492 e. The molecule has 1 heterocycles. The maximum atomic E-state index is 12.5. The molecule has 0 aliphatic rings. The van der Waals surface area contributed by atoms with Crippen molar-refractivity contribution in [3.05, 3.63) is 74.5 Å². The highest BCUT2D eigenvalue weighted by molar-refractivity contribution is 5.96. The van der Waals surface area contributed by atoms with Gasteiger partial charge in [-0.1, -0.05) is 6.07 Å². The molecule has 0 radical (unpaired) electrons. The van der Waals surface area contributed by atoms with Crippen LogP contribution in [0.25, 0.3) is 10.9 Å². The molecule has 0 amide bonds. The maximum absolute atomic E-state index is 12.5. The second kappa shape index (κ2) is 7.66. The summed E-state index contributed by atoms with van der Waals surface area (Å²) >= 11 is 0. The number of nitro groups is 2. The van der Waals surface area contributed by atoms with E-state index in [1.807, 2.05) is 6.92 Å². The van der Waals surface area contributed by atoms with E-state index in [0.29, 0.717) is 23.3 Å². The summed E-state index contributed by atoms with van der Waals surface area (Å²) < 4.78 is 10.8. The number of esters is 1. The molecule has 0 saturated carbocycles. The fourth-order valence-corrected chi connectivity index (χ4v) is 2.57. The Bertz CT molecular complexity index is 1070. The van der Waals surface area contributed by atoms with Gasteiger partial charge in [-0.3, -0.25) is 25.2 Å². The first-order valence-electron chi connectivity index (χ1n) is 8.07. The van der Waals surface area contributed by atoms with Crippen molar-refractivity contribution < 1.29 is 24.1 Å². The lowest BCUT2D eigenvalue weighted by Crippen LogP contribution is -2.10. The van der Waals surface area contributed by atoms with Gasteiger partial charge in [-0.2, -0.15) is 0 Å². The van der Waals surface area contributed by atoms with E-state index in [2.05, 4.69) is 4.98 Å². The number of hydrogen-bond acceptors (Lipinski definition) is 8. The van der Waals surface area contributed by atoms with Gasteiger partial charge >= 0.3 is 5.97 Å². The Balaban J connectivity index is 2.01. The van der Waals surface area contributed by atoms with Crippen molar-refractivity contribution in [2.24, 2.45) is 0 Å². The van der Waals surface area contributed by atoms with Gasteiger partial charge in [-0.25, -0.2) is 4.79 Å². The molecule has 28 heavy (non-hydrogen) atoms. The standard InChI is InChI=1S/C18H13N3O7/c1-2-27-16-5-3-4-14-15(6-7-19-17(14)16)28-18(22)11-8-12(20(23)24)10-13(9-11)21(25)26/h3-10H,2H2,1H3. The number of para-hydroxylation sites is 1. The Morgan fingerprint density at radius 3 is 2.32 bits per heavy atom. The van der Waals surface area contributed by atoms with Crippen molar-refractivity contribution in [3.63, 3.8) is 0 Å². The number of carbonyl (C=O) groups excluding carboxylic acids is 1. The van der Waals surface area contributed by atoms with Gasteiger partial charge < -0.3 is 9.47 Å². The third-order valence-electron chi connectivity index (χ3n) is 3.76. The number of rotatable bonds is 6. The summed E-state index contributed by atoms with van der Waals surface area (Å²) in [6.07, 6.45) is 1.42. The number of benzene rings is 2. The largest absolute Gasteiger partial charge is 0.492 e. The fraction of sp³-hybridized carbons (Fsp3) is 0.111. The minimum atomic E-state index is -0.971. The van der Waals surface area contributed by atoms with Gasteiger partial charge in [0.05, 0.1) is 28.1 Å². The number of nitrogens with zero attached hydrogens (tertiary/aromatic N) is 3. The molecule has 0 aliphatic heterocycles. The van der Waals surface area contributed by atoms with Crippen LogP contribution in [0, 0.1) is 20.2 Å². The van der Waals surface area contributed by atoms with Crippen molar-refractivity contribution in [3.8, 4) is 11.5 Å². The van der Waals surface area contributed by atoms with Gasteiger partial charge in [-0.05, 0) is 25.1 Å². The Morgan fingerprint density at radius 2 is 1.71 bits per heavy atom. The normalized spacial score (nSPS) is 10.5. The quantitative estimate of drug-likeness (QED) is 0.357. The lowest BCUT2D eigenvalue weighted by molar-refractivity contribution is -0.394. The number of carbonyl (C=O) groups is 1. The second-order valence-corrected chi connectivity index (χ2v) is 5.54. The van der Waals surface area contributed by atoms with Gasteiger partial charge in [0.2, 0.25) is 0 Å². The average molecular weight is 383 g/mol. The summed E-state index contributed by atoms with van der Waals surface area (Å²) in [4.78, 5) is 37.1. The zero-order valence-electron chi connectivity index (χ0n) is 14.5. The predicted octanol–water partition coefficient (Wildman–Crippen LogP) is 3.67. The Hall–Kier alpha value is -4.08. The smallest absolute Gasteiger partial charge is 0.344 e. The van der Waals surface area contributed by atoms with Crippen molar-refractivity contribution in [2.45, 2.75) is 6.92 Å². The van der Waals surface area contributed by atoms with Crippen LogP contribution in [0.15, 0.2) is 48.7 Å². The highest BCUT2D eigenvalue weighted by Gasteiger charge is 2.22. The molecule has 0 saturated heterocycles. The molecule has 0 spiro atoms. The molecule has 0 atom stereocenters. The summed E-state index contributed by atoms with van der Waals surface area (Å²) in [7, 11) is 0. The first-order chi connectivity index (χ1) is 13.4. The number of pyridine rings is 1. The van der Waals surface area contributed by atoms with Crippen molar-refractivity contribution >= 4 is 28.2 Å². The molecule has 3 rings (SSSR count). The minimum absolute atomic E-state index is 0.144. The van der Waals surface area contributed by atoms with E-state index < -0.39 is 27.2 Å². The third kappa shape index (κ3) is 3.70. The Kier molecular flexibility index (Phi) is 5.12. The number of hydrogen-bond donors (Lipinski definition) is 0. The summed E-state index contributed by atoms with van der Waals surface area (Å²) in [6.45, 7) is 2.24. The molecule has 10 heteroatoms. The topological polar surface area (TPSA) is 135 Å². The molecule has 2 aromatic carbocycles. The molecular weight excluding hydrogens is 370 g/mol. The first-order valence-corrected chi connectivity index (χ1v) is 8.07. The molecule has 0 bridgehead atoms. The van der Waals surface area contributed by atoms with Gasteiger partial charge in [0.25, 0.3) is 11.4 Å². The molecule has 3 aromatic rings. The second-order valence-electron chi connectivity index (χ2n) is 5.54. The summed E-state index contributed by atoms with van der Waals surface area (Å²) in [5, 5.41) is 22.5. The monoisotopic (exact) mass is 383 g/mol. The Labute approximate surface area is 157 Å². The van der Waals surface area contributed by atoms with Crippen LogP contribution in [0.4, 0.5) is 11.4 Å². The molecule has 0 N–H and O–H groups in total. The predicted molar refractivity (Wildman–Crippen MR) is 97.6 cm³/mol. The van der Waals surface area contributed by atoms with Crippen LogP contribution in [0.5, 0.6) is 11.5 Å². The van der Waals surface area contributed by atoms with Gasteiger partial charge in [-0.15, -0.1) is 0 Å². The van der Waals surface area contributed by atoms with Crippen LogP contribution in [-0.4, -0.2) is 27.4 Å². The van der Waals surface area contributed by atoms with Crippen LogP contribution in [-0.2, 0) is 0 Å². The van der Waals surface area contributed by atoms with Gasteiger partial charge in [0.1, 0.15) is 17.0 Å². The van der Waals surface area contributed by atoms with Crippen LogP contribution in [0.3, 0.4) is 0 Å². The maximum Gasteiger partial charge on any atom is 0.344 e. The molecular formula is C18H13N3O7. The fourth-order valence-electron chi connectivity index (χ4n) is 2.57. The number of aromatic nitrogens is 1. The van der Waals surface area contributed by atoms with E-state index in [1.54, 1.807) is 18.2 Å². The summed E-state index contributed by atoms with van der Waals surface area (Å²) in [5.74, 6) is -0.323. The highest BCUT2D eigenvalue weighted by atomic mass is 16.6. The zero-order chi connectivity index (χ0) is 20.3. The summed E-state index contributed by atoms with van der Waals surface area (Å²) in [6, 6.07) is 9.14. The molecule has 0 unspecified atom stereocenters. The lowest BCUT2D eigenvalue weighted by Gasteiger charge is -2.10. The SMILES string of the molecule is CCOc1cccc2c(OC(=O)c3cc([N+](=O)[O-])cc([N+](=O)[O-])c3)ccnc12. The van der Waals surface area contributed by atoms with E-state index >= 15 is 0 Å². The van der Waals surface area contributed by atoms with E-state index in [9.17, 15) is 25.0 Å². The van der Waals surface area contributed by atoms with Crippen LogP contribution in [0.1, 0.15) is 17.3 Å². The lowest BCUT2D eigenvalue weighted by atomic mass is 10.1. The van der Waals surface area contributed by atoms with Crippen LogP contribution >= 0.6 is 0 Å². The molecule has 0 aliphatic carbocycles.